The molecule has 0 radical (unpaired) electrons. The Balaban J connectivity index is 1.43. The molecule has 0 aliphatic carbocycles. The molecule has 4 rings (SSSR count). The van der Waals surface area contributed by atoms with E-state index in [-0.39, 0.29) is 5.91 Å². The number of anilines is 3. The summed E-state index contributed by atoms with van der Waals surface area (Å²) >= 11 is 6.05. The molecule has 1 aliphatic rings. The molecule has 3 aromatic rings. The van der Waals surface area contributed by atoms with Gasteiger partial charge in [0.1, 0.15) is 19.0 Å². The smallest absolute Gasteiger partial charge is 0.257 e. The topological polar surface area (TPSA) is 72.5 Å². The van der Waals surface area contributed by atoms with Crippen molar-refractivity contribution in [3.05, 3.63) is 71.4 Å². The maximum absolute atomic E-state index is 12.3. The summed E-state index contributed by atoms with van der Waals surface area (Å²) in [6.45, 7) is 1.09. The molecule has 1 aromatic heterocycles. The molecule has 136 valence electrons. The summed E-state index contributed by atoms with van der Waals surface area (Å²) in [7, 11) is 0. The second-order valence-electron chi connectivity index (χ2n) is 5.85. The average molecular weight is 382 g/mol. The zero-order chi connectivity index (χ0) is 18.6. The Morgan fingerprint density at radius 3 is 2.52 bits per heavy atom. The molecule has 7 heteroatoms. The van der Waals surface area contributed by atoms with E-state index in [1.807, 2.05) is 18.2 Å². The Labute approximate surface area is 161 Å². The lowest BCUT2D eigenvalue weighted by Gasteiger charge is -2.19. The first kappa shape index (κ1) is 17.2. The van der Waals surface area contributed by atoms with Crippen LogP contribution in [0.15, 0.2) is 60.8 Å². The normalized spacial score (nSPS) is 12.3. The van der Waals surface area contributed by atoms with E-state index in [1.54, 1.807) is 42.6 Å². The minimum atomic E-state index is -0.282. The zero-order valence-electron chi connectivity index (χ0n) is 14.2. The molecular formula is C20H16ClN3O3. The summed E-state index contributed by atoms with van der Waals surface area (Å²) in [4.78, 5) is 16.6. The first-order chi connectivity index (χ1) is 13.2. The molecule has 1 aliphatic heterocycles. The van der Waals surface area contributed by atoms with Crippen molar-refractivity contribution in [3.63, 3.8) is 0 Å². The lowest BCUT2D eigenvalue weighted by molar-refractivity contribution is 0.102. The number of nitrogens with one attached hydrogen (secondary N) is 2. The van der Waals surface area contributed by atoms with Crippen LogP contribution in [0, 0.1) is 0 Å². The van der Waals surface area contributed by atoms with Crippen molar-refractivity contribution in [1.29, 1.82) is 0 Å². The molecule has 2 N–H and O–H groups in total. The lowest BCUT2D eigenvalue weighted by Crippen LogP contribution is -2.15. The Kier molecular flexibility index (Phi) is 4.80. The SMILES string of the molecule is O=C(Nc1ccc(Nc2ccc3c(c2)OCCO3)nc1)c1ccccc1Cl. The highest BCUT2D eigenvalue weighted by Crippen LogP contribution is 2.33. The van der Waals surface area contributed by atoms with Crippen molar-refractivity contribution in [2.24, 2.45) is 0 Å². The minimum absolute atomic E-state index is 0.282. The Morgan fingerprint density at radius 1 is 0.963 bits per heavy atom. The molecule has 2 aromatic carbocycles. The van der Waals surface area contributed by atoms with Gasteiger partial charge in [-0.05, 0) is 36.4 Å². The first-order valence-electron chi connectivity index (χ1n) is 8.38. The fraction of sp³-hybridized carbons (Fsp3) is 0.100. The maximum atomic E-state index is 12.3. The van der Waals surface area contributed by atoms with E-state index in [2.05, 4.69) is 15.6 Å². The molecule has 0 atom stereocenters. The number of carbonyl (C=O) groups is 1. The van der Waals surface area contributed by atoms with Crippen LogP contribution < -0.4 is 20.1 Å². The molecule has 0 unspecified atom stereocenters. The third-order valence-electron chi connectivity index (χ3n) is 3.95. The third-order valence-corrected chi connectivity index (χ3v) is 4.28. The van der Waals surface area contributed by atoms with Gasteiger partial charge in [0.05, 0.1) is 22.5 Å². The summed E-state index contributed by atoms with van der Waals surface area (Å²) in [5.41, 5.74) is 1.82. The molecule has 6 nitrogen and oxygen atoms in total. The van der Waals surface area contributed by atoms with E-state index in [1.165, 1.54) is 0 Å². The van der Waals surface area contributed by atoms with Crippen LogP contribution >= 0.6 is 11.6 Å². The zero-order valence-corrected chi connectivity index (χ0v) is 15.0. The van der Waals surface area contributed by atoms with Crippen LogP contribution in [0.25, 0.3) is 0 Å². The minimum Gasteiger partial charge on any atom is -0.486 e. The second kappa shape index (κ2) is 7.55. The number of carbonyl (C=O) groups excluding carboxylic acids is 1. The molecule has 2 heterocycles. The molecule has 0 saturated heterocycles. The van der Waals surface area contributed by atoms with Crippen molar-refractivity contribution in [1.82, 2.24) is 4.98 Å². The van der Waals surface area contributed by atoms with Gasteiger partial charge in [0.15, 0.2) is 11.5 Å². The third kappa shape index (κ3) is 3.96. The summed E-state index contributed by atoms with van der Waals surface area (Å²) in [6.07, 6.45) is 1.58. The fourth-order valence-electron chi connectivity index (χ4n) is 2.65. The number of pyridine rings is 1. The molecule has 0 spiro atoms. The van der Waals surface area contributed by atoms with Gasteiger partial charge in [0.25, 0.3) is 5.91 Å². The number of nitrogens with zero attached hydrogens (tertiary/aromatic N) is 1. The second-order valence-corrected chi connectivity index (χ2v) is 6.26. The quantitative estimate of drug-likeness (QED) is 0.696. The fourth-order valence-corrected chi connectivity index (χ4v) is 2.88. The number of halogens is 1. The van der Waals surface area contributed by atoms with Gasteiger partial charge in [0, 0.05) is 11.8 Å². The first-order valence-corrected chi connectivity index (χ1v) is 8.75. The number of benzene rings is 2. The molecule has 27 heavy (non-hydrogen) atoms. The number of rotatable bonds is 4. The van der Waals surface area contributed by atoms with Crippen molar-refractivity contribution >= 4 is 34.7 Å². The number of aromatic nitrogens is 1. The van der Waals surface area contributed by atoms with Crippen molar-refractivity contribution < 1.29 is 14.3 Å². The number of amides is 1. The highest BCUT2D eigenvalue weighted by molar-refractivity contribution is 6.34. The van der Waals surface area contributed by atoms with Gasteiger partial charge in [-0.2, -0.15) is 0 Å². The summed E-state index contributed by atoms with van der Waals surface area (Å²) in [5.74, 6) is 1.80. The van der Waals surface area contributed by atoms with Crippen LogP contribution in [0.2, 0.25) is 5.02 Å². The Hall–Kier alpha value is -3.25. The molecule has 0 fully saturated rings. The number of fused-ring (bicyclic) bond motifs is 1. The van der Waals surface area contributed by atoms with E-state index in [9.17, 15) is 4.79 Å². The highest BCUT2D eigenvalue weighted by atomic mass is 35.5. The van der Waals surface area contributed by atoms with E-state index >= 15 is 0 Å². The highest BCUT2D eigenvalue weighted by Gasteiger charge is 2.12. The van der Waals surface area contributed by atoms with Crippen LogP contribution in [-0.4, -0.2) is 24.1 Å². The van der Waals surface area contributed by atoms with Crippen LogP contribution in [0.5, 0.6) is 11.5 Å². The van der Waals surface area contributed by atoms with Gasteiger partial charge in [0.2, 0.25) is 0 Å². The Morgan fingerprint density at radius 2 is 1.74 bits per heavy atom. The molecule has 0 saturated carbocycles. The van der Waals surface area contributed by atoms with E-state index in [4.69, 9.17) is 21.1 Å². The lowest BCUT2D eigenvalue weighted by atomic mass is 10.2. The monoisotopic (exact) mass is 381 g/mol. The van der Waals surface area contributed by atoms with Crippen LogP contribution in [0.1, 0.15) is 10.4 Å². The standard InChI is InChI=1S/C20H16ClN3O3/c21-16-4-2-1-3-15(16)20(25)24-14-6-8-19(22-12-14)23-13-5-7-17-18(11-13)27-10-9-26-17/h1-8,11-12H,9-10H2,(H,22,23)(H,24,25). The number of hydrogen-bond donors (Lipinski definition) is 2. The van der Waals surface area contributed by atoms with Gasteiger partial charge in [-0.15, -0.1) is 0 Å². The van der Waals surface area contributed by atoms with Crippen LogP contribution in [-0.2, 0) is 0 Å². The molecule has 1 amide bonds. The average Bonchev–Trinajstić information content (AvgIpc) is 2.70. The summed E-state index contributed by atoms with van der Waals surface area (Å²) in [6, 6.07) is 16.0. The predicted octanol–water partition coefficient (Wildman–Crippen LogP) is 4.50. The molecular weight excluding hydrogens is 366 g/mol. The van der Waals surface area contributed by atoms with Crippen LogP contribution in [0.4, 0.5) is 17.2 Å². The van der Waals surface area contributed by atoms with Gasteiger partial charge < -0.3 is 20.1 Å². The van der Waals surface area contributed by atoms with Gasteiger partial charge in [-0.3, -0.25) is 4.79 Å². The van der Waals surface area contributed by atoms with Gasteiger partial charge in [-0.1, -0.05) is 23.7 Å². The van der Waals surface area contributed by atoms with E-state index in [0.717, 1.165) is 11.4 Å². The Bertz CT molecular complexity index is 976. The van der Waals surface area contributed by atoms with Gasteiger partial charge >= 0.3 is 0 Å². The molecule has 0 bridgehead atoms. The van der Waals surface area contributed by atoms with Crippen molar-refractivity contribution in [2.45, 2.75) is 0 Å². The van der Waals surface area contributed by atoms with Crippen LogP contribution in [0.3, 0.4) is 0 Å². The predicted molar refractivity (Wildman–Crippen MR) is 104 cm³/mol. The van der Waals surface area contributed by atoms with Crippen molar-refractivity contribution in [3.8, 4) is 11.5 Å². The van der Waals surface area contributed by atoms with E-state index < -0.39 is 0 Å². The van der Waals surface area contributed by atoms with Gasteiger partial charge in [-0.25, -0.2) is 4.98 Å². The number of hydrogen-bond acceptors (Lipinski definition) is 5. The number of ether oxygens (including phenoxy) is 2. The largest absolute Gasteiger partial charge is 0.486 e. The summed E-state index contributed by atoms with van der Waals surface area (Å²) in [5, 5.41) is 6.38. The summed E-state index contributed by atoms with van der Waals surface area (Å²) < 4.78 is 11.1. The van der Waals surface area contributed by atoms with Crippen molar-refractivity contribution in [2.75, 3.05) is 23.8 Å². The maximum Gasteiger partial charge on any atom is 0.257 e. The van der Waals surface area contributed by atoms with E-state index in [0.29, 0.717) is 41.1 Å².